The molecule has 108 valence electrons. The fourth-order valence-electron chi connectivity index (χ4n) is 7.23. The minimum absolute atomic E-state index is 0.00375. The summed E-state index contributed by atoms with van der Waals surface area (Å²) in [5, 5.41) is 10.5. The van der Waals surface area contributed by atoms with E-state index in [1.165, 1.54) is 51.4 Å². The van der Waals surface area contributed by atoms with Gasteiger partial charge in [0.2, 0.25) is 0 Å². The van der Waals surface area contributed by atoms with Gasteiger partial charge in [0.15, 0.2) is 0 Å². The van der Waals surface area contributed by atoms with Crippen LogP contribution in [0.1, 0.15) is 78.1 Å². The highest BCUT2D eigenvalue weighted by atomic mass is 16.3. The molecule has 0 spiro atoms. The van der Waals surface area contributed by atoms with Gasteiger partial charge in [-0.25, -0.2) is 0 Å². The first-order chi connectivity index (χ1) is 8.88. The van der Waals surface area contributed by atoms with Crippen molar-refractivity contribution in [3.63, 3.8) is 0 Å². The Morgan fingerprint density at radius 3 is 2.16 bits per heavy atom. The van der Waals surface area contributed by atoms with Gasteiger partial charge in [-0.2, -0.15) is 0 Å². The fraction of sp³-hybridized carbons (Fsp3) is 1.00. The van der Waals surface area contributed by atoms with E-state index < -0.39 is 0 Å². The standard InChI is InChI=1S/C18H30O/c1-16-6-14-7-17(2,10-16)12-18(8-14,11-16)9-15(19)5-13-3-4-13/h13-15,19H,3-12H2,1-2H3. The van der Waals surface area contributed by atoms with Crippen LogP contribution in [0.25, 0.3) is 0 Å². The van der Waals surface area contributed by atoms with Gasteiger partial charge >= 0.3 is 0 Å². The highest BCUT2D eigenvalue weighted by Gasteiger charge is 2.60. The van der Waals surface area contributed by atoms with Crippen molar-refractivity contribution in [3.05, 3.63) is 0 Å². The average Bonchev–Trinajstić information content (AvgIpc) is 2.93. The molecule has 0 heterocycles. The summed E-state index contributed by atoms with van der Waals surface area (Å²) in [6.45, 7) is 5.08. The molecular weight excluding hydrogens is 232 g/mol. The second kappa shape index (κ2) is 3.78. The van der Waals surface area contributed by atoms with Crippen LogP contribution in [0.15, 0.2) is 0 Å². The quantitative estimate of drug-likeness (QED) is 0.789. The Balaban J connectivity index is 1.53. The molecule has 0 aromatic carbocycles. The van der Waals surface area contributed by atoms with Crippen LogP contribution in [0.5, 0.6) is 0 Å². The number of rotatable bonds is 4. The Labute approximate surface area is 118 Å². The van der Waals surface area contributed by atoms with Crippen molar-refractivity contribution in [2.24, 2.45) is 28.1 Å². The molecule has 0 aromatic heterocycles. The Kier molecular flexibility index (Phi) is 2.52. The lowest BCUT2D eigenvalue weighted by Gasteiger charge is -2.66. The lowest BCUT2D eigenvalue weighted by atomic mass is 9.39. The van der Waals surface area contributed by atoms with Crippen molar-refractivity contribution < 1.29 is 5.11 Å². The largest absolute Gasteiger partial charge is 0.393 e. The summed E-state index contributed by atoms with van der Waals surface area (Å²) in [7, 11) is 0. The van der Waals surface area contributed by atoms with Gasteiger partial charge < -0.3 is 5.11 Å². The predicted octanol–water partition coefficient (Wildman–Crippen LogP) is 4.53. The van der Waals surface area contributed by atoms with Crippen LogP contribution in [0, 0.1) is 28.1 Å². The normalized spacial score (nSPS) is 53.5. The molecule has 0 amide bonds. The zero-order valence-corrected chi connectivity index (χ0v) is 12.8. The maximum absolute atomic E-state index is 10.5. The fourth-order valence-corrected chi connectivity index (χ4v) is 7.23. The van der Waals surface area contributed by atoms with Crippen molar-refractivity contribution in [3.8, 4) is 0 Å². The van der Waals surface area contributed by atoms with E-state index in [1.807, 2.05) is 0 Å². The lowest BCUT2D eigenvalue weighted by molar-refractivity contribution is -0.157. The van der Waals surface area contributed by atoms with Crippen LogP contribution in [0.2, 0.25) is 0 Å². The Hall–Kier alpha value is -0.0400. The van der Waals surface area contributed by atoms with E-state index in [4.69, 9.17) is 0 Å². The molecule has 0 radical (unpaired) electrons. The highest BCUT2D eigenvalue weighted by Crippen LogP contribution is 2.70. The Bertz CT molecular complexity index is 365. The third-order valence-electron chi connectivity index (χ3n) is 6.71. The molecule has 0 aromatic rings. The molecule has 4 bridgehead atoms. The molecular formula is C18H30O. The van der Waals surface area contributed by atoms with Crippen molar-refractivity contribution in [1.82, 2.24) is 0 Å². The predicted molar refractivity (Wildman–Crippen MR) is 77.8 cm³/mol. The van der Waals surface area contributed by atoms with Gasteiger partial charge in [-0.3, -0.25) is 0 Å². The molecule has 3 atom stereocenters. The van der Waals surface area contributed by atoms with Gasteiger partial charge in [-0.15, -0.1) is 0 Å². The number of hydrogen-bond donors (Lipinski definition) is 1. The van der Waals surface area contributed by atoms with E-state index in [9.17, 15) is 5.11 Å². The van der Waals surface area contributed by atoms with Crippen molar-refractivity contribution >= 4 is 0 Å². The van der Waals surface area contributed by atoms with Gasteiger partial charge in [0.1, 0.15) is 0 Å². The van der Waals surface area contributed by atoms with Gasteiger partial charge in [0, 0.05) is 0 Å². The van der Waals surface area contributed by atoms with Gasteiger partial charge in [0.05, 0.1) is 6.10 Å². The molecule has 3 unspecified atom stereocenters. The summed E-state index contributed by atoms with van der Waals surface area (Å²) in [5.74, 6) is 1.84. The minimum atomic E-state index is -0.00375. The Morgan fingerprint density at radius 2 is 1.63 bits per heavy atom. The van der Waals surface area contributed by atoms with E-state index in [2.05, 4.69) is 13.8 Å². The van der Waals surface area contributed by atoms with Crippen molar-refractivity contribution in [2.75, 3.05) is 0 Å². The number of aliphatic hydroxyl groups excluding tert-OH is 1. The second-order valence-electron chi connectivity index (χ2n) is 9.67. The van der Waals surface area contributed by atoms with E-state index >= 15 is 0 Å². The molecule has 5 rings (SSSR count). The molecule has 1 nitrogen and oxygen atoms in total. The lowest BCUT2D eigenvalue weighted by Crippen LogP contribution is -2.55. The summed E-state index contributed by atoms with van der Waals surface area (Å²) < 4.78 is 0. The van der Waals surface area contributed by atoms with E-state index in [1.54, 1.807) is 0 Å². The van der Waals surface area contributed by atoms with Crippen molar-refractivity contribution in [1.29, 1.82) is 0 Å². The summed E-state index contributed by atoms with van der Waals surface area (Å²) in [6.07, 6.45) is 13.6. The molecule has 0 aliphatic heterocycles. The molecule has 5 aliphatic rings. The zero-order chi connectivity index (χ0) is 13.3. The summed E-state index contributed by atoms with van der Waals surface area (Å²) in [5.41, 5.74) is 1.72. The van der Waals surface area contributed by atoms with Gasteiger partial charge in [-0.05, 0) is 79.4 Å². The maximum atomic E-state index is 10.5. The average molecular weight is 262 g/mol. The molecule has 0 saturated heterocycles. The number of aliphatic hydroxyl groups is 1. The molecule has 5 fully saturated rings. The molecule has 19 heavy (non-hydrogen) atoms. The number of hydrogen-bond acceptors (Lipinski definition) is 1. The van der Waals surface area contributed by atoms with Crippen LogP contribution in [0.4, 0.5) is 0 Å². The maximum Gasteiger partial charge on any atom is 0.0548 e. The van der Waals surface area contributed by atoms with Crippen LogP contribution in [-0.4, -0.2) is 11.2 Å². The van der Waals surface area contributed by atoms with Crippen molar-refractivity contribution in [2.45, 2.75) is 84.2 Å². The SMILES string of the molecule is CC12CC3CC(C)(C1)CC(CC(O)CC1CC1)(C3)C2. The smallest absolute Gasteiger partial charge is 0.0548 e. The first kappa shape index (κ1) is 12.7. The van der Waals surface area contributed by atoms with Crippen LogP contribution in [0.3, 0.4) is 0 Å². The summed E-state index contributed by atoms with van der Waals surface area (Å²) in [4.78, 5) is 0. The zero-order valence-electron chi connectivity index (χ0n) is 12.8. The van der Waals surface area contributed by atoms with Crippen LogP contribution < -0.4 is 0 Å². The van der Waals surface area contributed by atoms with Crippen LogP contribution >= 0.6 is 0 Å². The van der Waals surface area contributed by atoms with E-state index in [-0.39, 0.29) is 6.10 Å². The molecule has 1 N–H and O–H groups in total. The van der Waals surface area contributed by atoms with E-state index in [0.717, 1.165) is 24.7 Å². The van der Waals surface area contributed by atoms with Gasteiger partial charge in [0.25, 0.3) is 0 Å². The molecule has 5 aliphatic carbocycles. The minimum Gasteiger partial charge on any atom is -0.393 e. The monoisotopic (exact) mass is 262 g/mol. The highest BCUT2D eigenvalue weighted by molar-refractivity contribution is 5.10. The topological polar surface area (TPSA) is 20.2 Å². The molecule has 1 heteroatoms. The third kappa shape index (κ3) is 2.26. The van der Waals surface area contributed by atoms with Crippen LogP contribution in [-0.2, 0) is 0 Å². The Morgan fingerprint density at radius 1 is 1.00 bits per heavy atom. The first-order valence-electron chi connectivity index (χ1n) is 8.56. The summed E-state index contributed by atoms with van der Waals surface area (Å²) >= 11 is 0. The second-order valence-corrected chi connectivity index (χ2v) is 9.67. The first-order valence-corrected chi connectivity index (χ1v) is 8.56. The van der Waals surface area contributed by atoms with E-state index in [0.29, 0.717) is 16.2 Å². The third-order valence-corrected chi connectivity index (χ3v) is 6.71. The molecule has 5 saturated carbocycles. The summed E-state index contributed by atoms with van der Waals surface area (Å²) in [6, 6.07) is 0. The van der Waals surface area contributed by atoms with Gasteiger partial charge in [-0.1, -0.05) is 26.7 Å².